The summed E-state index contributed by atoms with van der Waals surface area (Å²) in [5.74, 6) is -0.975. The van der Waals surface area contributed by atoms with Gasteiger partial charge in [-0.25, -0.2) is 0 Å². The molecule has 0 fully saturated rings. The average Bonchev–Trinajstić information content (AvgIpc) is 3.30. The number of allylic oxidation sites excluding steroid dienone is 14. The number of hydrogen-bond donors (Lipinski definition) is 0. The third-order valence-corrected chi connectivity index (χ3v) is 11.5. The Morgan fingerprint density at radius 1 is 0.323 bits per heavy atom. The summed E-state index contributed by atoms with van der Waals surface area (Å²) in [7, 11) is 0. The molecule has 0 amide bonds. The first-order valence-corrected chi connectivity index (χ1v) is 27.2. The zero-order valence-electron chi connectivity index (χ0n) is 42.5. The van der Waals surface area contributed by atoms with E-state index in [1.54, 1.807) is 0 Å². The maximum absolute atomic E-state index is 12.8. The quantitative estimate of drug-likeness (QED) is 0.0262. The highest BCUT2D eigenvalue weighted by molar-refractivity contribution is 5.71. The minimum atomic E-state index is -0.805. The average molecular weight is 905 g/mol. The molecule has 0 spiro atoms. The Labute approximate surface area is 401 Å². The molecule has 0 aromatic heterocycles. The number of unbranched alkanes of at least 4 members (excludes halogenated alkanes) is 28. The van der Waals surface area contributed by atoms with Crippen LogP contribution >= 0.6 is 0 Å². The van der Waals surface area contributed by atoms with E-state index in [9.17, 15) is 14.4 Å². The van der Waals surface area contributed by atoms with Crippen molar-refractivity contribution in [2.24, 2.45) is 0 Å². The molecule has 372 valence electrons. The van der Waals surface area contributed by atoms with Gasteiger partial charge in [0.15, 0.2) is 6.10 Å². The molecule has 0 saturated carbocycles. The number of carbonyl (C=O) groups excluding carboxylic acids is 3. The zero-order chi connectivity index (χ0) is 47.2. The van der Waals surface area contributed by atoms with E-state index in [4.69, 9.17) is 14.2 Å². The van der Waals surface area contributed by atoms with Crippen molar-refractivity contribution in [2.45, 2.75) is 258 Å². The van der Waals surface area contributed by atoms with Crippen LogP contribution in [0.3, 0.4) is 0 Å². The van der Waals surface area contributed by atoms with E-state index in [2.05, 4.69) is 51.2 Å². The first-order chi connectivity index (χ1) is 32.0. The molecule has 0 rings (SSSR count). The second-order valence-electron chi connectivity index (χ2n) is 17.9. The van der Waals surface area contributed by atoms with Gasteiger partial charge in [-0.15, -0.1) is 0 Å². The van der Waals surface area contributed by atoms with Crippen LogP contribution in [-0.2, 0) is 28.6 Å². The van der Waals surface area contributed by atoms with Crippen molar-refractivity contribution >= 4 is 17.9 Å². The van der Waals surface area contributed by atoms with Gasteiger partial charge in [-0.1, -0.05) is 260 Å². The maximum atomic E-state index is 12.8. The molecule has 0 radical (unpaired) electrons. The molecule has 6 nitrogen and oxygen atoms in total. The van der Waals surface area contributed by atoms with Gasteiger partial charge in [-0.2, -0.15) is 0 Å². The highest BCUT2D eigenvalue weighted by atomic mass is 16.6. The van der Waals surface area contributed by atoms with Crippen LogP contribution in [0.25, 0.3) is 0 Å². The molecule has 0 aromatic carbocycles. The number of rotatable bonds is 48. The summed E-state index contributed by atoms with van der Waals surface area (Å²) < 4.78 is 16.8. The number of esters is 3. The zero-order valence-corrected chi connectivity index (χ0v) is 42.5. The molecule has 0 aromatic rings. The molecule has 0 aliphatic carbocycles. The summed E-state index contributed by atoms with van der Waals surface area (Å²) in [4.78, 5) is 38.0. The monoisotopic (exact) mass is 905 g/mol. The molecule has 0 N–H and O–H groups in total. The second-order valence-corrected chi connectivity index (χ2v) is 17.9. The van der Waals surface area contributed by atoms with E-state index in [1.165, 1.54) is 154 Å². The van der Waals surface area contributed by atoms with Crippen LogP contribution in [0.5, 0.6) is 0 Å². The van der Waals surface area contributed by atoms with E-state index in [-0.39, 0.29) is 37.5 Å². The molecule has 1 atom stereocenters. The molecule has 65 heavy (non-hydrogen) atoms. The predicted molar refractivity (Wildman–Crippen MR) is 279 cm³/mol. The van der Waals surface area contributed by atoms with Gasteiger partial charge in [0.25, 0.3) is 0 Å². The standard InChI is InChI=1S/C59H100O6/c1-4-7-10-13-16-19-22-25-27-28-29-30-32-34-37-40-43-46-49-52-58(61)64-55-56(54-63-57(60)51-48-45-42-39-36-33-24-21-18-15-12-9-6-3)65-59(62)53-50-47-44-41-38-35-31-26-23-20-17-14-11-8-5-2/h9,12,15-16,18-19,21-22,24-25,33,36,39,42,56H,4-8,10-11,13-14,17,20,23,26-32,34-35,37-38,40-41,43-55H2,1-3H3/b12-9+,18-15+,19-16+,24-21+,25-22+,36-33+,42-39+. The van der Waals surface area contributed by atoms with Crippen LogP contribution in [0.15, 0.2) is 85.1 Å². The largest absolute Gasteiger partial charge is 0.462 e. The van der Waals surface area contributed by atoms with Gasteiger partial charge in [-0.3, -0.25) is 14.4 Å². The fraction of sp³-hybridized carbons (Fsp3) is 0.712. The first-order valence-electron chi connectivity index (χ1n) is 27.2. The van der Waals surface area contributed by atoms with Crippen molar-refractivity contribution in [1.29, 1.82) is 0 Å². The van der Waals surface area contributed by atoms with Gasteiger partial charge in [0.05, 0.1) is 0 Å². The van der Waals surface area contributed by atoms with Gasteiger partial charge >= 0.3 is 17.9 Å². The van der Waals surface area contributed by atoms with E-state index in [0.717, 1.165) is 51.4 Å². The fourth-order valence-corrected chi connectivity index (χ4v) is 7.46. The smallest absolute Gasteiger partial charge is 0.306 e. The normalized spacial score (nSPS) is 12.7. The van der Waals surface area contributed by atoms with Crippen LogP contribution in [0.1, 0.15) is 252 Å². The summed E-state index contributed by atoms with van der Waals surface area (Å²) >= 11 is 0. The molecule has 0 bridgehead atoms. The Morgan fingerprint density at radius 2 is 0.615 bits per heavy atom. The predicted octanol–water partition coefficient (Wildman–Crippen LogP) is 18.0. The van der Waals surface area contributed by atoms with Crippen LogP contribution < -0.4 is 0 Å². The van der Waals surface area contributed by atoms with Crippen molar-refractivity contribution in [3.63, 3.8) is 0 Å². The third-order valence-electron chi connectivity index (χ3n) is 11.5. The topological polar surface area (TPSA) is 78.9 Å². The molecule has 0 aliphatic heterocycles. The van der Waals surface area contributed by atoms with Gasteiger partial charge in [0, 0.05) is 19.3 Å². The minimum absolute atomic E-state index is 0.0993. The fourth-order valence-electron chi connectivity index (χ4n) is 7.46. The van der Waals surface area contributed by atoms with Crippen LogP contribution in [-0.4, -0.2) is 37.2 Å². The second kappa shape index (κ2) is 53.2. The van der Waals surface area contributed by atoms with Crippen LogP contribution in [0, 0.1) is 0 Å². The maximum Gasteiger partial charge on any atom is 0.306 e. The summed E-state index contributed by atoms with van der Waals surface area (Å²) in [6.07, 6.45) is 68.6. The van der Waals surface area contributed by atoms with E-state index >= 15 is 0 Å². The number of hydrogen-bond acceptors (Lipinski definition) is 6. The van der Waals surface area contributed by atoms with E-state index in [0.29, 0.717) is 19.3 Å². The van der Waals surface area contributed by atoms with E-state index < -0.39 is 6.10 Å². The van der Waals surface area contributed by atoms with Crippen LogP contribution in [0.4, 0.5) is 0 Å². The Morgan fingerprint density at radius 3 is 1.05 bits per heavy atom. The van der Waals surface area contributed by atoms with Gasteiger partial charge < -0.3 is 14.2 Å². The number of carbonyl (C=O) groups is 3. The summed E-state index contributed by atoms with van der Waals surface area (Å²) in [6, 6.07) is 0. The van der Waals surface area contributed by atoms with Gasteiger partial charge in [0.2, 0.25) is 0 Å². The Kier molecular flexibility index (Phi) is 50.4. The lowest BCUT2D eigenvalue weighted by Gasteiger charge is -2.18. The first kappa shape index (κ1) is 61.6. The SMILES string of the molecule is CC/C=C/C=C/C=C/C=C/C=C/CCCC(=O)OCC(COC(=O)CCCCCCCCCCCC/C=C/C=C/CCCCC)OC(=O)CCCCCCCCCCCCCCCCC. The highest BCUT2D eigenvalue weighted by Crippen LogP contribution is 2.16. The van der Waals surface area contributed by atoms with Crippen molar-refractivity contribution in [3.8, 4) is 0 Å². The minimum Gasteiger partial charge on any atom is -0.462 e. The van der Waals surface area contributed by atoms with Crippen LogP contribution in [0.2, 0.25) is 0 Å². The molecular formula is C59H100O6. The number of ether oxygens (including phenoxy) is 3. The lowest BCUT2D eigenvalue weighted by Crippen LogP contribution is -2.30. The van der Waals surface area contributed by atoms with Crippen molar-refractivity contribution in [2.75, 3.05) is 13.2 Å². The molecule has 0 heterocycles. The molecule has 0 saturated heterocycles. The molecular weight excluding hydrogens is 805 g/mol. The van der Waals surface area contributed by atoms with Gasteiger partial charge in [-0.05, 0) is 57.8 Å². The van der Waals surface area contributed by atoms with E-state index in [1.807, 2.05) is 54.7 Å². The third kappa shape index (κ3) is 51.4. The van der Waals surface area contributed by atoms with Crippen molar-refractivity contribution in [3.05, 3.63) is 85.1 Å². The Balaban J connectivity index is 4.43. The molecule has 0 aliphatic rings. The summed E-state index contributed by atoms with van der Waals surface area (Å²) in [6.45, 7) is 6.41. The molecule has 1 unspecified atom stereocenters. The lowest BCUT2D eigenvalue weighted by atomic mass is 10.0. The van der Waals surface area contributed by atoms with Crippen molar-refractivity contribution < 1.29 is 28.6 Å². The molecule has 6 heteroatoms. The van der Waals surface area contributed by atoms with Gasteiger partial charge in [0.1, 0.15) is 13.2 Å². The summed E-state index contributed by atoms with van der Waals surface area (Å²) in [5.41, 5.74) is 0. The van der Waals surface area contributed by atoms with Crippen molar-refractivity contribution in [1.82, 2.24) is 0 Å². The lowest BCUT2D eigenvalue weighted by molar-refractivity contribution is -0.167. The highest BCUT2D eigenvalue weighted by Gasteiger charge is 2.19. The Hall–Kier alpha value is -3.41. The Bertz CT molecular complexity index is 1270. The summed E-state index contributed by atoms with van der Waals surface area (Å²) in [5, 5.41) is 0.